The molecule has 0 spiro atoms. The van der Waals surface area contributed by atoms with Gasteiger partial charge in [0.15, 0.2) is 0 Å². The lowest BCUT2D eigenvalue weighted by molar-refractivity contribution is -0.136. The molecule has 1 saturated heterocycles. The van der Waals surface area contributed by atoms with Crippen LogP contribution < -0.4 is 0 Å². The summed E-state index contributed by atoms with van der Waals surface area (Å²) in [6, 6.07) is 22.3. The van der Waals surface area contributed by atoms with E-state index >= 15 is 0 Å². The largest absolute Gasteiger partial charge is 0.481 e. The van der Waals surface area contributed by atoms with Crippen LogP contribution >= 0.6 is 0 Å². The number of aryl methyl sites for hydroxylation is 1. The minimum absolute atomic E-state index is 0.109. The Kier molecular flexibility index (Phi) is 5.61. The number of carboxylic acid groups (broad SMARTS) is 1. The van der Waals surface area contributed by atoms with E-state index in [1.165, 1.54) is 5.56 Å². The number of fused-ring (bicyclic) bond motifs is 1. The van der Waals surface area contributed by atoms with Gasteiger partial charge >= 0.3 is 5.97 Å². The van der Waals surface area contributed by atoms with Crippen LogP contribution in [0.1, 0.15) is 46.7 Å². The Hall–Kier alpha value is -3.14. The van der Waals surface area contributed by atoms with E-state index in [4.69, 9.17) is 5.11 Å². The lowest BCUT2D eigenvalue weighted by Gasteiger charge is -2.32. The second-order valence-corrected chi connectivity index (χ2v) is 7.76. The fourth-order valence-corrected chi connectivity index (χ4v) is 4.13. The van der Waals surface area contributed by atoms with Crippen molar-refractivity contribution in [3.05, 3.63) is 83.4 Å². The van der Waals surface area contributed by atoms with Crippen molar-refractivity contribution in [1.29, 1.82) is 0 Å². The van der Waals surface area contributed by atoms with Crippen molar-refractivity contribution in [2.75, 3.05) is 13.1 Å². The fraction of sp³-hybridized carbons (Fsp3) is 0.280. The molecule has 1 heterocycles. The summed E-state index contributed by atoms with van der Waals surface area (Å²) in [7, 11) is 0. The maximum Gasteiger partial charge on any atom is 0.303 e. The molecule has 0 aromatic heterocycles. The molecule has 148 valence electrons. The van der Waals surface area contributed by atoms with Crippen molar-refractivity contribution in [3.8, 4) is 0 Å². The Morgan fingerprint density at radius 2 is 1.59 bits per heavy atom. The minimum atomic E-state index is -0.766. The number of hydrogen-bond donors (Lipinski definition) is 1. The van der Waals surface area contributed by atoms with Crippen molar-refractivity contribution in [3.63, 3.8) is 0 Å². The van der Waals surface area contributed by atoms with Crippen molar-refractivity contribution in [1.82, 2.24) is 4.90 Å². The third kappa shape index (κ3) is 4.48. The molecule has 29 heavy (non-hydrogen) atoms. The molecule has 3 aromatic rings. The molecule has 0 bridgehead atoms. The number of carboxylic acids is 1. The molecule has 0 unspecified atom stereocenters. The van der Waals surface area contributed by atoms with Crippen LogP contribution in [0, 0.1) is 0 Å². The van der Waals surface area contributed by atoms with E-state index in [2.05, 4.69) is 18.2 Å². The highest BCUT2D eigenvalue weighted by Gasteiger charge is 2.24. The first kappa shape index (κ1) is 19.2. The standard InChI is InChI=1S/C25H25NO3/c27-24(28)12-7-18-5-8-20(9-6-18)21-13-15-26(16-14-21)25(29)23-11-10-19-3-1-2-4-22(19)17-23/h1-6,8-11,17,21H,7,12-16H2,(H,27,28). The summed E-state index contributed by atoms with van der Waals surface area (Å²) in [5, 5.41) is 11.0. The summed E-state index contributed by atoms with van der Waals surface area (Å²) in [4.78, 5) is 25.6. The molecule has 1 N–H and O–H groups in total. The molecule has 3 aromatic carbocycles. The summed E-state index contributed by atoms with van der Waals surface area (Å²) in [5.74, 6) is -0.208. The Labute approximate surface area is 170 Å². The SMILES string of the molecule is O=C(O)CCc1ccc(C2CCN(C(=O)c3ccc4ccccc4c3)CC2)cc1. The number of benzene rings is 3. The highest BCUT2D eigenvalue weighted by atomic mass is 16.4. The van der Waals surface area contributed by atoms with Crippen LogP contribution in [0.25, 0.3) is 10.8 Å². The van der Waals surface area contributed by atoms with E-state index < -0.39 is 5.97 Å². The van der Waals surface area contributed by atoms with E-state index in [9.17, 15) is 9.59 Å². The number of aliphatic carboxylic acids is 1. The topological polar surface area (TPSA) is 57.6 Å². The van der Waals surface area contributed by atoms with Crippen molar-refractivity contribution in [2.45, 2.75) is 31.6 Å². The van der Waals surface area contributed by atoms with Gasteiger partial charge < -0.3 is 10.0 Å². The first-order valence-electron chi connectivity index (χ1n) is 10.2. The zero-order valence-electron chi connectivity index (χ0n) is 16.4. The molecule has 0 aliphatic carbocycles. The summed E-state index contributed by atoms with van der Waals surface area (Å²) in [5.41, 5.74) is 3.09. The number of hydrogen-bond acceptors (Lipinski definition) is 2. The summed E-state index contributed by atoms with van der Waals surface area (Å²) in [6.45, 7) is 1.52. The third-order valence-electron chi connectivity index (χ3n) is 5.86. The average Bonchev–Trinajstić information content (AvgIpc) is 2.77. The summed E-state index contributed by atoms with van der Waals surface area (Å²) >= 11 is 0. The lowest BCUT2D eigenvalue weighted by Crippen LogP contribution is -2.37. The molecule has 0 saturated carbocycles. The molecule has 4 nitrogen and oxygen atoms in total. The second kappa shape index (κ2) is 8.48. The number of carbonyl (C=O) groups excluding carboxylic acids is 1. The van der Waals surface area contributed by atoms with Crippen LogP contribution in [-0.2, 0) is 11.2 Å². The van der Waals surface area contributed by atoms with Gasteiger partial charge in [-0.3, -0.25) is 9.59 Å². The van der Waals surface area contributed by atoms with Gasteiger partial charge in [-0.1, -0.05) is 54.6 Å². The van der Waals surface area contributed by atoms with Crippen LogP contribution in [0.15, 0.2) is 66.7 Å². The van der Waals surface area contributed by atoms with Gasteiger partial charge in [0.05, 0.1) is 0 Å². The van der Waals surface area contributed by atoms with Crippen molar-refractivity contribution < 1.29 is 14.7 Å². The number of rotatable bonds is 5. The van der Waals surface area contributed by atoms with Crippen LogP contribution in [0.5, 0.6) is 0 Å². The zero-order valence-corrected chi connectivity index (χ0v) is 16.4. The van der Waals surface area contributed by atoms with Crippen molar-refractivity contribution in [2.24, 2.45) is 0 Å². The summed E-state index contributed by atoms with van der Waals surface area (Å²) in [6.07, 6.45) is 2.63. The molecular weight excluding hydrogens is 362 g/mol. The van der Waals surface area contributed by atoms with Gasteiger partial charge in [-0.15, -0.1) is 0 Å². The van der Waals surface area contributed by atoms with E-state index in [-0.39, 0.29) is 12.3 Å². The Morgan fingerprint density at radius 3 is 2.28 bits per heavy atom. The van der Waals surface area contributed by atoms with Gasteiger partial charge in [0.25, 0.3) is 5.91 Å². The highest BCUT2D eigenvalue weighted by Crippen LogP contribution is 2.29. The Morgan fingerprint density at radius 1 is 0.897 bits per heavy atom. The third-order valence-corrected chi connectivity index (χ3v) is 5.86. The second-order valence-electron chi connectivity index (χ2n) is 7.76. The molecule has 4 heteroatoms. The number of carbonyl (C=O) groups is 2. The van der Waals surface area contributed by atoms with Crippen molar-refractivity contribution >= 4 is 22.6 Å². The number of amides is 1. The van der Waals surface area contributed by atoms with Crippen LogP contribution in [-0.4, -0.2) is 35.0 Å². The number of nitrogens with zero attached hydrogens (tertiary/aromatic N) is 1. The maximum absolute atomic E-state index is 12.9. The maximum atomic E-state index is 12.9. The van der Waals surface area contributed by atoms with E-state index in [0.29, 0.717) is 12.3 Å². The molecule has 4 rings (SSSR count). The minimum Gasteiger partial charge on any atom is -0.481 e. The number of likely N-dealkylation sites (tertiary alicyclic amines) is 1. The van der Waals surface area contributed by atoms with E-state index in [0.717, 1.165) is 47.8 Å². The van der Waals surface area contributed by atoms with Crippen LogP contribution in [0.4, 0.5) is 0 Å². The predicted molar refractivity (Wildman–Crippen MR) is 114 cm³/mol. The predicted octanol–water partition coefficient (Wildman–Crippen LogP) is 4.88. The monoisotopic (exact) mass is 387 g/mol. The smallest absolute Gasteiger partial charge is 0.303 e. The van der Waals surface area contributed by atoms with Gasteiger partial charge in [0.1, 0.15) is 0 Å². The van der Waals surface area contributed by atoms with Gasteiger partial charge in [-0.25, -0.2) is 0 Å². The average molecular weight is 387 g/mol. The number of piperidine rings is 1. The first-order valence-corrected chi connectivity index (χ1v) is 10.2. The molecule has 1 amide bonds. The van der Waals surface area contributed by atoms with Crippen LogP contribution in [0.2, 0.25) is 0 Å². The summed E-state index contributed by atoms with van der Waals surface area (Å²) < 4.78 is 0. The van der Waals surface area contributed by atoms with Gasteiger partial charge in [0, 0.05) is 25.1 Å². The quantitative estimate of drug-likeness (QED) is 0.679. The molecule has 0 atom stereocenters. The zero-order chi connectivity index (χ0) is 20.2. The van der Waals surface area contributed by atoms with Gasteiger partial charge in [0.2, 0.25) is 0 Å². The molecular formula is C25H25NO3. The van der Waals surface area contributed by atoms with Crippen LogP contribution in [0.3, 0.4) is 0 Å². The fourth-order valence-electron chi connectivity index (χ4n) is 4.13. The van der Waals surface area contributed by atoms with E-state index in [1.807, 2.05) is 53.4 Å². The van der Waals surface area contributed by atoms with Gasteiger partial charge in [-0.2, -0.15) is 0 Å². The highest BCUT2D eigenvalue weighted by molar-refractivity contribution is 5.98. The Balaban J connectivity index is 1.37. The van der Waals surface area contributed by atoms with Gasteiger partial charge in [-0.05, 0) is 59.2 Å². The molecule has 1 aliphatic rings. The normalized spacial score (nSPS) is 14.8. The first-order chi connectivity index (χ1) is 14.1. The molecule has 1 fully saturated rings. The van der Waals surface area contributed by atoms with E-state index in [1.54, 1.807) is 0 Å². The lowest BCUT2D eigenvalue weighted by atomic mass is 9.88. The molecule has 1 aliphatic heterocycles. The Bertz CT molecular complexity index is 1020. The molecule has 0 radical (unpaired) electrons.